The summed E-state index contributed by atoms with van der Waals surface area (Å²) in [6.07, 6.45) is -0.369. The lowest BCUT2D eigenvalue weighted by molar-refractivity contribution is 0.272. The topological polar surface area (TPSA) is 34.1 Å². The highest BCUT2D eigenvalue weighted by molar-refractivity contribution is 7.87. The van der Waals surface area contributed by atoms with E-state index in [-0.39, 0.29) is 6.42 Å². The molecule has 0 saturated heterocycles. The molecule has 0 saturated carbocycles. The third kappa shape index (κ3) is 1.89. The van der Waals surface area contributed by atoms with Crippen molar-refractivity contribution >= 4 is 10.2 Å². The number of halogens is 2. The summed E-state index contributed by atoms with van der Waals surface area (Å²) < 4.78 is 43.8. The van der Waals surface area contributed by atoms with Gasteiger partial charge in [0.1, 0.15) is 0 Å². The molecule has 0 radical (unpaired) electrons. The molecular weight excluding hydrogens is 150 g/mol. The molecule has 56 valence electrons. The van der Waals surface area contributed by atoms with E-state index in [1.54, 1.807) is 0 Å². The minimum Gasteiger partial charge on any atom is -0.224 e. The van der Waals surface area contributed by atoms with Gasteiger partial charge in [0.05, 0.1) is 0 Å². The minimum absolute atomic E-state index is 0.369. The van der Waals surface area contributed by atoms with E-state index >= 15 is 0 Å². The van der Waals surface area contributed by atoms with Crippen LogP contribution in [0, 0.1) is 0 Å². The average molecular weight is 158 g/mol. The Balaban J connectivity index is 4.56. The fourth-order valence-electron chi connectivity index (χ4n) is 0.172. The molecule has 0 aliphatic heterocycles. The van der Waals surface area contributed by atoms with E-state index in [1.807, 2.05) is 0 Å². The zero-order chi connectivity index (χ0) is 7.71. The van der Waals surface area contributed by atoms with Crippen molar-refractivity contribution in [1.29, 1.82) is 0 Å². The second-order valence-electron chi connectivity index (χ2n) is 1.89. The average Bonchev–Trinajstić information content (AvgIpc) is 1.64. The van der Waals surface area contributed by atoms with Crippen molar-refractivity contribution in [3.63, 3.8) is 0 Å². The van der Waals surface area contributed by atoms with Crippen molar-refractivity contribution < 1.29 is 16.7 Å². The lowest BCUT2D eigenvalue weighted by Gasteiger charge is -2.10. The van der Waals surface area contributed by atoms with Gasteiger partial charge in [-0.25, -0.2) is 4.39 Å². The standard InChI is InChI=1S/C4H8F2O2S/c1-3-4(2,5)9(6,7)8/h3H2,1-2H3. The first-order valence-electron chi connectivity index (χ1n) is 2.44. The predicted octanol–water partition coefficient (Wildman–Crippen LogP) is 1.38. The Bertz CT molecular complexity index is 183. The maximum absolute atomic E-state index is 12.4. The van der Waals surface area contributed by atoms with Crippen LogP contribution in [0.1, 0.15) is 20.3 Å². The highest BCUT2D eigenvalue weighted by Gasteiger charge is 2.37. The first kappa shape index (κ1) is 8.81. The summed E-state index contributed by atoms with van der Waals surface area (Å²) in [5, 5.41) is -2.72. The van der Waals surface area contributed by atoms with Gasteiger partial charge in [-0.1, -0.05) is 6.92 Å². The molecule has 0 spiro atoms. The van der Waals surface area contributed by atoms with Crippen LogP contribution in [-0.2, 0) is 10.2 Å². The molecule has 1 atom stereocenters. The zero-order valence-corrected chi connectivity index (χ0v) is 6.00. The van der Waals surface area contributed by atoms with Crippen LogP contribution in [0.5, 0.6) is 0 Å². The molecule has 0 rings (SSSR count). The van der Waals surface area contributed by atoms with Crippen LogP contribution in [0.15, 0.2) is 0 Å². The third-order valence-corrected chi connectivity index (χ3v) is 2.45. The van der Waals surface area contributed by atoms with Crippen LogP contribution in [-0.4, -0.2) is 13.4 Å². The highest BCUT2D eigenvalue weighted by atomic mass is 32.3. The Morgan fingerprint density at radius 2 is 1.89 bits per heavy atom. The third-order valence-electron chi connectivity index (χ3n) is 1.14. The Hall–Kier alpha value is -0.190. The second-order valence-corrected chi connectivity index (χ2v) is 3.62. The van der Waals surface area contributed by atoms with E-state index < -0.39 is 15.2 Å². The normalized spacial score (nSPS) is 19.1. The second kappa shape index (κ2) is 2.21. The number of rotatable bonds is 2. The van der Waals surface area contributed by atoms with Crippen LogP contribution in [0.25, 0.3) is 0 Å². The van der Waals surface area contributed by atoms with Crippen LogP contribution in [0.2, 0.25) is 0 Å². The molecule has 0 bridgehead atoms. The van der Waals surface area contributed by atoms with E-state index in [4.69, 9.17) is 0 Å². The van der Waals surface area contributed by atoms with Crippen molar-refractivity contribution in [2.45, 2.75) is 25.3 Å². The molecular formula is C4H8F2O2S. The lowest BCUT2D eigenvalue weighted by Crippen LogP contribution is -2.25. The van der Waals surface area contributed by atoms with E-state index in [1.165, 1.54) is 6.92 Å². The molecule has 0 aliphatic carbocycles. The fraction of sp³-hybridized carbons (Fsp3) is 1.00. The molecule has 2 nitrogen and oxygen atoms in total. The zero-order valence-electron chi connectivity index (χ0n) is 5.19. The molecule has 0 aromatic carbocycles. The van der Waals surface area contributed by atoms with Gasteiger partial charge in [-0.05, 0) is 13.3 Å². The summed E-state index contributed by atoms with van der Waals surface area (Å²) in [6.45, 7) is 1.96. The lowest BCUT2D eigenvalue weighted by atomic mass is 10.3. The summed E-state index contributed by atoms with van der Waals surface area (Å²) in [5.41, 5.74) is 0. The number of hydrogen-bond acceptors (Lipinski definition) is 2. The summed E-state index contributed by atoms with van der Waals surface area (Å²) >= 11 is 0. The molecule has 5 heteroatoms. The van der Waals surface area contributed by atoms with Crippen molar-refractivity contribution in [3.05, 3.63) is 0 Å². The van der Waals surface area contributed by atoms with E-state index in [2.05, 4.69) is 0 Å². The van der Waals surface area contributed by atoms with Gasteiger partial charge in [0.25, 0.3) is 0 Å². The Labute approximate surface area is 53.1 Å². The Morgan fingerprint density at radius 1 is 1.56 bits per heavy atom. The van der Waals surface area contributed by atoms with Gasteiger partial charge in [-0.3, -0.25) is 0 Å². The quantitative estimate of drug-likeness (QED) is 0.569. The molecule has 1 unspecified atom stereocenters. The van der Waals surface area contributed by atoms with Crippen molar-refractivity contribution in [3.8, 4) is 0 Å². The summed E-state index contributed by atoms with van der Waals surface area (Å²) in [6, 6.07) is 0. The monoisotopic (exact) mass is 158 g/mol. The van der Waals surface area contributed by atoms with Crippen molar-refractivity contribution in [2.75, 3.05) is 0 Å². The molecule has 0 aromatic heterocycles. The Morgan fingerprint density at radius 3 is 1.89 bits per heavy atom. The molecule has 0 aliphatic rings. The van der Waals surface area contributed by atoms with Gasteiger partial charge in [0, 0.05) is 0 Å². The van der Waals surface area contributed by atoms with Gasteiger partial charge >= 0.3 is 10.2 Å². The molecule has 0 aromatic rings. The molecule has 0 fully saturated rings. The largest absolute Gasteiger partial charge is 0.337 e. The summed E-state index contributed by atoms with van der Waals surface area (Å²) in [7, 11) is -5.02. The first-order chi connectivity index (χ1) is 3.81. The summed E-state index contributed by atoms with van der Waals surface area (Å²) in [4.78, 5) is 0. The SMILES string of the molecule is CCC(C)(F)S(=O)(=O)F. The molecule has 9 heavy (non-hydrogen) atoms. The number of hydrogen-bond donors (Lipinski definition) is 0. The predicted molar refractivity (Wildman–Crippen MR) is 29.8 cm³/mol. The van der Waals surface area contributed by atoms with Gasteiger partial charge in [0.2, 0.25) is 5.00 Å². The maximum atomic E-state index is 12.4. The van der Waals surface area contributed by atoms with Gasteiger partial charge < -0.3 is 0 Å². The van der Waals surface area contributed by atoms with Crippen LogP contribution in [0.3, 0.4) is 0 Å². The molecule has 0 amide bonds. The molecule has 0 heterocycles. The minimum atomic E-state index is -5.02. The van der Waals surface area contributed by atoms with Crippen LogP contribution >= 0.6 is 0 Å². The van der Waals surface area contributed by atoms with Crippen LogP contribution < -0.4 is 0 Å². The van der Waals surface area contributed by atoms with Gasteiger partial charge in [-0.2, -0.15) is 8.42 Å². The first-order valence-corrected chi connectivity index (χ1v) is 3.82. The smallest absolute Gasteiger partial charge is 0.224 e. The van der Waals surface area contributed by atoms with Crippen molar-refractivity contribution in [1.82, 2.24) is 0 Å². The highest BCUT2D eigenvalue weighted by Crippen LogP contribution is 2.23. The van der Waals surface area contributed by atoms with E-state index in [0.29, 0.717) is 6.92 Å². The maximum Gasteiger partial charge on any atom is 0.337 e. The Kier molecular flexibility index (Phi) is 2.16. The van der Waals surface area contributed by atoms with E-state index in [0.717, 1.165) is 0 Å². The van der Waals surface area contributed by atoms with Gasteiger partial charge in [0.15, 0.2) is 0 Å². The molecule has 0 N–H and O–H groups in total. The summed E-state index contributed by atoms with van der Waals surface area (Å²) in [5.74, 6) is 0. The number of alkyl halides is 1. The van der Waals surface area contributed by atoms with E-state index in [9.17, 15) is 16.7 Å². The van der Waals surface area contributed by atoms with Crippen LogP contribution in [0.4, 0.5) is 8.28 Å². The van der Waals surface area contributed by atoms with Gasteiger partial charge in [-0.15, -0.1) is 3.89 Å². The van der Waals surface area contributed by atoms with Crippen molar-refractivity contribution in [2.24, 2.45) is 0 Å². The fourth-order valence-corrected chi connectivity index (χ4v) is 0.517.